The van der Waals surface area contributed by atoms with Crippen molar-refractivity contribution in [2.45, 2.75) is 88.1 Å². The lowest BCUT2D eigenvalue weighted by molar-refractivity contribution is -0.329. The van der Waals surface area contributed by atoms with Gasteiger partial charge in [0.25, 0.3) is 0 Å². The fourth-order valence-electron chi connectivity index (χ4n) is 5.27. The molecule has 0 aromatic heterocycles. The molecule has 0 amide bonds. The van der Waals surface area contributed by atoms with E-state index in [1.807, 2.05) is 0 Å². The first kappa shape index (κ1) is 23.5. The molecule has 31 heavy (non-hydrogen) atoms. The number of aliphatic hydroxyl groups is 6. The van der Waals surface area contributed by atoms with Crippen LogP contribution < -0.4 is 0 Å². The third kappa shape index (κ3) is 4.08. The van der Waals surface area contributed by atoms with Crippen molar-refractivity contribution < 1.29 is 49.6 Å². The molecule has 5 fully saturated rings. The van der Waals surface area contributed by atoms with Crippen molar-refractivity contribution >= 4 is 0 Å². The van der Waals surface area contributed by atoms with Crippen molar-refractivity contribution in [3.8, 4) is 0 Å². The van der Waals surface area contributed by atoms with E-state index in [-0.39, 0.29) is 24.7 Å². The van der Waals surface area contributed by atoms with Crippen LogP contribution in [0.15, 0.2) is 12.2 Å². The maximum atomic E-state index is 10.4. The van der Waals surface area contributed by atoms with Crippen molar-refractivity contribution in [2.24, 2.45) is 17.3 Å². The summed E-state index contributed by atoms with van der Waals surface area (Å²) in [6, 6.07) is 0. The van der Waals surface area contributed by atoms with Crippen molar-refractivity contribution in [3.05, 3.63) is 12.2 Å². The standard InChI is InChI=1S/C21H34O10/c1-8-10-4-9(21(10,2)3)5-12(8)30-20-18(27)16(25)15(24)13(31-20)7-29-19-17(26)14(23)11(22)6-28-19/h9-20,22-27H,1,4-7H2,2-3H3/t9-,10+,11+,12+,13-,14+,15-,16+,17-,18-,19+,20-/m1/s1. The second kappa shape index (κ2) is 8.60. The monoisotopic (exact) mass is 446 g/mol. The highest BCUT2D eigenvalue weighted by atomic mass is 16.7. The Balaban J connectivity index is 1.36. The highest BCUT2D eigenvalue weighted by molar-refractivity contribution is 5.23. The summed E-state index contributed by atoms with van der Waals surface area (Å²) in [5.41, 5.74) is 1.12. The van der Waals surface area contributed by atoms with E-state index in [0.717, 1.165) is 18.4 Å². The first-order valence-corrected chi connectivity index (χ1v) is 10.8. The van der Waals surface area contributed by atoms with E-state index in [1.165, 1.54) is 0 Å². The maximum Gasteiger partial charge on any atom is 0.187 e. The van der Waals surface area contributed by atoms with Crippen LogP contribution in [0.4, 0.5) is 0 Å². The van der Waals surface area contributed by atoms with Crippen LogP contribution in [-0.2, 0) is 18.9 Å². The summed E-state index contributed by atoms with van der Waals surface area (Å²) < 4.78 is 22.3. The normalized spacial score (nSPS) is 51.9. The Labute approximate surface area is 181 Å². The molecule has 3 saturated carbocycles. The molecule has 0 spiro atoms. The Kier molecular flexibility index (Phi) is 6.52. The molecule has 2 aliphatic heterocycles. The Morgan fingerprint density at radius 3 is 2.26 bits per heavy atom. The molecular formula is C21H34O10. The lowest BCUT2D eigenvalue weighted by Gasteiger charge is -2.60. The topological polar surface area (TPSA) is 158 Å². The molecule has 2 saturated heterocycles. The van der Waals surface area contributed by atoms with Crippen LogP contribution in [0.1, 0.15) is 26.7 Å². The highest BCUT2D eigenvalue weighted by Gasteiger charge is 2.56. The Hall–Kier alpha value is -0.660. The molecule has 5 rings (SSSR count). The first-order chi connectivity index (χ1) is 14.5. The van der Waals surface area contributed by atoms with Gasteiger partial charge in [-0.1, -0.05) is 20.4 Å². The van der Waals surface area contributed by atoms with Crippen LogP contribution in [-0.4, -0.2) is 105 Å². The average Bonchev–Trinajstić information content (AvgIpc) is 2.73. The molecule has 0 aromatic rings. The van der Waals surface area contributed by atoms with Gasteiger partial charge in [0.2, 0.25) is 0 Å². The molecule has 0 radical (unpaired) electrons. The minimum Gasteiger partial charge on any atom is -0.388 e. The summed E-state index contributed by atoms with van der Waals surface area (Å²) in [7, 11) is 0. The summed E-state index contributed by atoms with van der Waals surface area (Å²) in [6.45, 7) is 8.07. The third-order valence-electron chi connectivity index (χ3n) is 7.68. The quantitative estimate of drug-likeness (QED) is 0.268. The minimum absolute atomic E-state index is 0.175. The summed E-state index contributed by atoms with van der Waals surface area (Å²) in [5, 5.41) is 60.2. The zero-order valence-electron chi connectivity index (χ0n) is 17.8. The summed E-state index contributed by atoms with van der Waals surface area (Å²) in [5.74, 6) is 0.813. The second-order valence-corrected chi connectivity index (χ2v) is 9.84. The fraction of sp³-hybridized carbons (Fsp3) is 0.905. The van der Waals surface area contributed by atoms with E-state index in [4.69, 9.17) is 18.9 Å². The first-order valence-electron chi connectivity index (χ1n) is 10.8. The van der Waals surface area contributed by atoms with Gasteiger partial charge in [-0.2, -0.15) is 0 Å². The summed E-state index contributed by atoms with van der Waals surface area (Å²) >= 11 is 0. The Morgan fingerprint density at radius 1 is 0.935 bits per heavy atom. The second-order valence-electron chi connectivity index (χ2n) is 9.84. The van der Waals surface area contributed by atoms with Crippen molar-refractivity contribution in [1.82, 2.24) is 0 Å². The predicted octanol–water partition coefficient (Wildman–Crippen LogP) is -1.74. The van der Waals surface area contributed by atoms with Crippen LogP contribution in [0.2, 0.25) is 0 Å². The average molecular weight is 446 g/mol. The van der Waals surface area contributed by atoms with Crippen LogP contribution in [0.3, 0.4) is 0 Å². The number of rotatable bonds is 5. The number of fused-ring (bicyclic) bond motifs is 2. The van der Waals surface area contributed by atoms with Gasteiger partial charge in [-0.05, 0) is 35.7 Å². The highest BCUT2D eigenvalue weighted by Crippen LogP contribution is 2.61. The lowest BCUT2D eigenvalue weighted by atomic mass is 9.47. The van der Waals surface area contributed by atoms with E-state index >= 15 is 0 Å². The zero-order chi connectivity index (χ0) is 22.7. The van der Waals surface area contributed by atoms with Gasteiger partial charge in [0.05, 0.1) is 19.3 Å². The number of aliphatic hydroxyl groups excluding tert-OH is 6. The van der Waals surface area contributed by atoms with Gasteiger partial charge in [0.1, 0.15) is 42.7 Å². The molecule has 2 heterocycles. The van der Waals surface area contributed by atoms with Crippen molar-refractivity contribution in [3.63, 3.8) is 0 Å². The van der Waals surface area contributed by atoms with Crippen LogP contribution in [0.25, 0.3) is 0 Å². The van der Waals surface area contributed by atoms with Gasteiger partial charge < -0.3 is 49.6 Å². The largest absolute Gasteiger partial charge is 0.388 e. The molecule has 3 aliphatic carbocycles. The van der Waals surface area contributed by atoms with E-state index in [0.29, 0.717) is 11.8 Å². The molecule has 10 nitrogen and oxygen atoms in total. The SMILES string of the molecule is C=C1[C@@H](O[C@@H]2O[C@H](CO[C@@H]3OC[C@H](O)[C@H](O)[C@H]3O)[C@@H](O)[C@H](O)[C@H]2O)C[C@H]2C[C@@H]1C2(C)C. The van der Waals surface area contributed by atoms with Crippen molar-refractivity contribution in [1.29, 1.82) is 0 Å². The van der Waals surface area contributed by atoms with Gasteiger partial charge >= 0.3 is 0 Å². The number of ether oxygens (including phenoxy) is 4. The van der Waals surface area contributed by atoms with E-state index < -0.39 is 55.3 Å². The lowest BCUT2D eigenvalue weighted by Crippen LogP contribution is -2.62. The van der Waals surface area contributed by atoms with Gasteiger partial charge in [-0.15, -0.1) is 0 Å². The number of hydrogen-bond donors (Lipinski definition) is 6. The summed E-state index contributed by atoms with van der Waals surface area (Å²) in [6.07, 6.45) is -10.6. The molecule has 6 N–H and O–H groups in total. The van der Waals surface area contributed by atoms with Crippen LogP contribution in [0.5, 0.6) is 0 Å². The van der Waals surface area contributed by atoms with E-state index in [1.54, 1.807) is 0 Å². The smallest absolute Gasteiger partial charge is 0.187 e. The van der Waals surface area contributed by atoms with Crippen LogP contribution >= 0.6 is 0 Å². The predicted molar refractivity (Wildman–Crippen MR) is 104 cm³/mol. The zero-order valence-corrected chi connectivity index (χ0v) is 17.8. The molecule has 12 atom stereocenters. The van der Waals surface area contributed by atoms with Gasteiger partial charge in [0.15, 0.2) is 12.6 Å². The molecular weight excluding hydrogens is 412 g/mol. The third-order valence-corrected chi connectivity index (χ3v) is 7.68. The van der Waals surface area contributed by atoms with Gasteiger partial charge in [0, 0.05) is 0 Å². The van der Waals surface area contributed by atoms with Gasteiger partial charge in [-0.3, -0.25) is 0 Å². The summed E-state index contributed by atoms with van der Waals surface area (Å²) in [4.78, 5) is 0. The Bertz CT molecular complexity index is 671. The van der Waals surface area contributed by atoms with Crippen LogP contribution in [0, 0.1) is 17.3 Å². The minimum atomic E-state index is -1.53. The maximum absolute atomic E-state index is 10.4. The molecule has 0 unspecified atom stereocenters. The fourth-order valence-corrected chi connectivity index (χ4v) is 5.27. The molecule has 5 aliphatic rings. The van der Waals surface area contributed by atoms with Crippen molar-refractivity contribution in [2.75, 3.05) is 13.2 Å². The molecule has 178 valence electrons. The molecule has 2 bridgehead atoms. The van der Waals surface area contributed by atoms with E-state index in [2.05, 4.69) is 20.4 Å². The molecule has 10 heteroatoms. The van der Waals surface area contributed by atoms with E-state index in [9.17, 15) is 30.6 Å². The Morgan fingerprint density at radius 2 is 1.61 bits per heavy atom. The number of hydrogen-bond acceptors (Lipinski definition) is 10. The molecule has 0 aromatic carbocycles. The van der Waals surface area contributed by atoms with Gasteiger partial charge in [-0.25, -0.2) is 0 Å².